The molecule has 3 aromatic rings. The average Bonchev–Trinajstić information content (AvgIpc) is 2.88. The monoisotopic (exact) mass is 309 g/mol. The lowest BCUT2D eigenvalue weighted by Gasteiger charge is -2.06. The Bertz CT molecular complexity index is 867. The lowest BCUT2D eigenvalue weighted by Crippen LogP contribution is -2.25. The van der Waals surface area contributed by atoms with Crippen LogP contribution in [-0.2, 0) is 13.6 Å². The van der Waals surface area contributed by atoms with Gasteiger partial charge >= 0.3 is 5.63 Å². The van der Waals surface area contributed by atoms with E-state index in [9.17, 15) is 9.59 Å². The molecule has 0 bridgehead atoms. The van der Waals surface area contributed by atoms with Crippen molar-refractivity contribution >= 4 is 5.91 Å². The largest absolute Gasteiger partial charge is 0.366 e. The van der Waals surface area contributed by atoms with Gasteiger partial charge in [-0.2, -0.15) is 0 Å². The molecule has 0 aliphatic carbocycles. The van der Waals surface area contributed by atoms with Crippen LogP contribution in [0.25, 0.3) is 11.1 Å². The molecule has 0 fully saturated rings. The number of nitrogens with one attached hydrogen (secondary N) is 1. The number of amides is 1. The Morgan fingerprint density at radius 1 is 1.22 bits per heavy atom. The zero-order valence-electron chi connectivity index (χ0n) is 12.5. The molecule has 6 nitrogen and oxygen atoms in total. The van der Waals surface area contributed by atoms with Gasteiger partial charge in [-0.3, -0.25) is 9.78 Å². The van der Waals surface area contributed by atoms with Gasteiger partial charge in [-0.1, -0.05) is 36.4 Å². The Kier molecular flexibility index (Phi) is 4.05. The van der Waals surface area contributed by atoms with Crippen molar-refractivity contribution in [1.29, 1.82) is 0 Å². The van der Waals surface area contributed by atoms with Crippen molar-refractivity contribution in [3.05, 3.63) is 76.5 Å². The summed E-state index contributed by atoms with van der Waals surface area (Å²) < 4.78 is 6.26. The molecule has 0 aliphatic rings. The van der Waals surface area contributed by atoms with Crippen molar-refractivity contribution in [3.63, 3.8) is 0 Å². The highest BCUT2D eigenvalue weighted by molar-refractivity contribution is 5.98. The molecule has 0 saturated heterocycles. The molecule has 6 heteroatoms. The fourth-order valence-corrected chi connectivity index (χ4v) is 2.35. The lowest BCUT2D eigenvalue weighted by molar-refractivity contribution is 0.0931. The van der Waals surface area contributed by atoms with Crippen LogP contribution >= 0.6 is 0 Å². The predicted octanol–water partition coefficient (Wildman–Crippen LogP) is 1.97. The minimum atomic E-state index is -0.537. The van der Waals surface area contributed by atoms with Gasteiger partial charge in [-0.25, -0.2) is 9.53 Å². The smallest absolute Gasteiger partial charge is 0.347 e. The number of hydrogen-bond acceptors (Lipinski definition) is 4. The second kappa shape index (κ2) is 6.31. The van der Waals surface area contributed by atoms with Gasteiger partial charge in [0.25, 0.3) is 5.91 Å². The predicted molar refractivity (Wildman–Crippen MR) is 84.8 cm³/mol. The van der Waals surface area contributed by atoms with E-state index in [0.29, 0.717) is 12.1 Å². The van der Waals surface area contributed by atoms with E-state index >= 15 is 0 Å². The molecule has 23 heavy (non-hydrogen) atoms. The normalized spacial score (nSPS) is 10.5. The summed E-state index contributed by atoms with van der Waals surface area (Å²) in [7, 11) is 1.53. The maximum atomic E-state index is 12.5. The van der Waals surface area contributed by atoms with Gasteiger partial charge < -0.3 is 9.84 Å². The van der Waals surface area contributed by atoms with Crippen LogP contribution in [0.1, 0.15) is 16.1 Å². The second-order valence-corrected chi connectivity index (χ2v) is 5.01. The van der Waals surface area contributed by atoms with Gasteiger partial charge in [0.15, 0.2) is 5.69 Å². The molecule has 2 heterocycles. The standard InChI is InChI=1S/C17H15N3O3/c1-20-15(16(21)19-11-12-6-5-9-18-10-12)14(17(22)23-20)13-7-3-2-4-8-13/h2-10H,11H2,1H3,(H,19,21). The Morgan fingerprint density at radius 3 is 2.70 bits per heavy atom. The Balaban J connectivity index is 1.90. The molecule has 0 unspecified atom stereocenters. The SMILES string of the molecule is Cn1oc(=O)c(-c2ccccc2)c1C(=O)NCc1cccnc1. The van der Waals surface area contributed by atoms with Gasteiger partial charge in [0.1, 0.15) is 5.56 Å². The first-order chi connectivity index (χ1) is 11.2. The number of rotatable bonds is 4. The molecule has 3 rings (SSSR count). The number of nitrogens with zero attached hydrogens (tertiary/aromatic N) is 2. The van der Waals surface area contributed by atoms with E-state index < -0.39 is 5.63 Å². The third-order valence-electron chi connectivity index (χ3n) is 3.43. The van der Waals surface area contributed by atoms with Gasteiger partial charge in [0.2, 0.25) is 0 Å². The average molecular weight is 309 g/mol. The fraction of sp³-hybridized carbons (Fsp3) is 0.118. The van der Waals surface area contributed by atoms with E-state index in [-0.39, 0.29) is 17.2 Å². The summed E-state index contributed by atoms with van der Waals surface area (Å²) >= 11 is 0. The second-order valence-electron chi connectivity index (χ2n) is 5.01. The molecule has 2 aromatic heterocycles. The van der Waals surface area contributed by atoms with Gasteiger partial charge in [0.05, 0.1) is 0 Å². The molecular weight excluding hydrogens is 294 g/mol. The minimum Gasteiger partial charge on any atom is -0.347 e. The minimum absolute atomic E-state index is 0.199. The number of carbonyl (C=O) groups excluding carboxylic acids is 1. The first-order valence-electron chi connectivity index (χ1n) is 7.09. The first-order valence-corrected chi connectivity index (χ1v) is 7.09. The molecule has 0 saturated carbocycles. The summed E-state index contributed by atoms with van der Waals surface area (Å²) in [6, 6.07) is 12.6. The van der Waals surface area contributed by atoms with Crippen LogP contribution in [0.15, 0.2) is 64.2 Å². The highest BCUT2D eigenvalue weighted by Crippen LogP contribution is 2.20. The van der Waals surface area contributed by atoms with Crippen LogP contribution in [0.5, 0.6) is 0 Å². The van der Waals surface area contributed by atoms with Crippen molar-refractivity contribution < 1.29 is 9.32 Å². The Labute approximate surface area is 132 Å². The number of pyridine rings is 1. The van der Waals surface area contributed by atoms with E-state index in [4.69, 9.17) is 4.52 Å². The molecule has 0 spiro atoms. The van der Waals surface area contributed by atoms with E-state index in [1.807, 2.05) is 12.1 Å². The van der Waals surface area contributed by atoms with Crippen molar-refractivity contribution in [3.8, 4) is 11.1 Å². The number of carbonyl (C=O) groups is 1. The molecule has 1 amide bonds. The van der Waals surface area contributed by atoms with Crippen LogP contribution in [0.3, 0.4) is 0 Å². The topological polar surface area (TPSA) is 77.1 Å². The summed E-state index contributed by atoms with van der Waals surface area (Å²) in [6.45, 7) is 0.320. The molecular formula is C17H15N3O3. The van der Waals surface area contributed by atoms with Crippen molar-refractivity contribution in [2.75, 3.05) is 0 Å². The van der Waals surface area contributed by atoms with Crippen molar-refractivity contribution in [1.82, 2.24) is 15.0 Å². The number of hydrogen-bond donors (Lipinski definition) is 1. The van der Waals surface area contributed by atoms with Gasteiger partial charge in [0, 0.05) is 26.0 Å². The molecule has 0 aliphatic heterocycles. The zero-order chi connectivity index (χ0) is 16.2. The van der Waals surface area contributed by atoms with Crippen molar-refractivity contribution in [2.45, 2.75) is 6.54 Å². The molecule has 1 aromatic carbocycles. The quantitative estimate of drug-likeness (QED) is 0.799. The first kappa shape index (κ1) is 14.8. The Morgan fingerprint density at radius 2 is 2.00 bits per heavy atom. The number of aromatic nitrogens is 2. The van der Waals surface area contributed by atoms with E-state index in [0.717, 1.165) is 5.56 Å². The maximum absolute atomic E-state index is 12.5. The van der Waals surface area contributed by atoms with E-state index in [1.165, 1.54) is 11.8 Å². The lowest BCUT2D eigenvalue weighted by atomic mass is 10.1. The summed E-state index contributed by atoms with van der Waals surface area (Å²) in [4.78, 5) is 28.6. The van der Waals surface area contributed by atoms with E-state index in [2.05, 4.69) is 10.3 Å². The fourth-order valence-electron chi connectivity index (χ4n) is 2.35. The number of aryl methyl sites for hydroxylation is 1. The summed E-state index contributed by atoms with van der Waals surface area (Å²) in [5.41, 5.74) is 1.44. The summed E-state index contributed by atoms with van der Waals surface area (Å²) in [6.07, 6.45) is 3.34. The zero-order valence-corrected chi connectivity index (χ0v) is 12.5. The van der Waals surface area contributed by atoms with Crippen LogP contribution in [0.4, 0.5) is 0 Å². The van der Waals surface area contributed by atoms with Crippen LogP contribution in [0.2, 0.25) is 0 Å². The van der Waals surface area contributed by atoms with E-state index in [1.54, 1.807) is 42.7 Å². The van der Waals surface area contributed by atoms with Gasteiger partial charge in [-0.15, -0.1) is 0 Å². The summed E-state index contributed by atoms with van der Waals surface area (Å²) in [5, 5.41) is 2.78. The highest BCUT2D eigenvalue weighted by atomic mass is 16.5. The highest BCUT2D eigenvalue weighted by Gasteiger charge is 2.23. The molecule has 116 valence electrons. The van der Waals surface area contributed by atoms with Crippen LogP contribution in [0, 0.1) is 0 Å². The maximum Gasteiger partial charge on any atom is 0.366 e. The summed E-state index contributed by atoms with van der Waals surface area (Å²) in [5.74, 6) is -0.374. The Hall–Kier alpha value is -3.15. The molecule has 1 N–H and O–H groups in total. The van der Waals surface area contributed by atoms with Crippen LogP contribution in [-0.4, -0.2) is 15.6 Å². The molecule has 0 radical (unpaired) electrons. The third-order valence-corrected chi connectivity index (χ3v) is 3.43. The van der Waals surface area contributed by atoms with Crippen LogP contribution < -0.4 is 10.9 Å². The van der Waals surface area contributed by atoms with Gasteiger partial charge in [-0.05, 0) is 17.2 Å². The number of benzene rings is 1. The van der Waals surface area contributed by atoms with Crippen molar-refractivity contribution in [2.24, 2.45) is 7.05 Å². The third kappa shape index (κ3) is 3.06. The molecule has 0 atom stereocenters.